The summed E-state index contributed by atoms with van der Waals surface area (Å²) < 4.78 is 38.8. The van der Waals surface area contributed by atoms with Crippen molar-refractivity contribution in [1.29, 1.82) is 0 Å². The number of carbonyl (C=O) groups is 1. The summed E-state index contributed by atoms with van der Waals surface area (Å²) in [6, 6.07) is 10.7. The zero-order valence-electron chi connectivity index (χ0n) is 20.3. The quantitative estimate of drug-likeness (QED) is 0.449. The maximum Gasteiger partial charge on any atom is 0.264 e. The molecule has 0 spiro atoms. The number of nitrogens with one attached hydrogen (secondary N) is 1. The number of ether oxygens (including phenoxy) is 2. The lowest BCUT2D eigenvalue weighted by Crippen LogP contribution is -2.41. The van der Waals surface area contributed by atoms with Gasteiger partial charge in [0.05, 0.1) is 24.8 Å². The van der Waals surface area contributed by atoms with Crippen LogP contribution >= 0.6 is 11.6 Å². The van der Waals surface area contributed by atoms with Crippen LogP contribution in [0.1, 0.15) is 32.1 Å². The Bertz CT molecular complexity index is 1070. The summed E-state index contributed by atoms with van der Waals surface area (Å²) in [6.45, 7) is 3.25. The van der Waals surface area contributed by atoms with Gasteiger partial charge in [-0.1, -0.05) is 24.4 Å². The molecule has 10 heteroatoms. The van der Waals surface area contributed by atoms with E-state index in [1.54, 1.807) is 24.3 Å². The molecule has 1 aliphatic rings. The molecular weight excluding hydrogens is 490 g/mol. The Kier molecular flexibility index (Phi) is 10.1. The fraction of sp³-hybridized carbons (Fsp3) is 0.480. The highest BCUT2D eigenvalue weighted by Crippen LogP contribution is 2.32. The largest absolute Gasteiger partial charge is 0.493 e. The first-order valence-corrected chi connectivity index (χ1v) is 13.7. The molecule has 0 bridgehead atoms. The predicted octanol–water partition coefficient (Wildman–Crippen LogP) is 3.93. The van der Waals surface area contributed by atoms with E-state index >= 15 is 0 Å². The number of anilines is 1. The standard InChI is InChI=1S/C25H34ClN3O5S/c1-33-23-13-12-22(18-24(23)34-2)35(31,32)29(21-10-8-20(26)9-11-21)19-25(30)27-14-7-17-28-15-5-3-4-6-16-28/h8-13,18H,3-7,14-17,19H2,1-2H3,(H,27,30). The van der Waals surface area contributed by atoms with E-state index in [0.29, 0.717) is 23.0 Å². The van der Waals surface area contributed by atoms with Gasteiger partial charge in [-0.05, 0) is 75.3 Å². The Balaban J connectivity index is 1.72. The summed E-state index contributed by atoms with van der Waals surface area (Å²) in [6.07, 6.45) is 5.81. The minimum absolute atomic E-state index is 0.0148. The van der Waals surface area contributed by atoms with Crippen LogP contribution in [0.5, 0.6) is 11.5 Å². The van der Waals surface area contributed by atoms with Crippen LogP contribution in [-0.2, 0) is 14.8 Å². The third-order valence-corrected chi connectivity index (χ3v) is 8.04. The van der Waals surface area contributed by atoms with Gasteiger partial charge in [-0.3, -0.25) is 9.10 Å². The van der Waals surface area contributed by atoms with Crippen LogP contribution in [0.15, 0.2) is 47.4 Å². The zero-order chi connectivity index (χ0) is 25.3. The van der Waals surface area contributed by atoms with Crippen molar-refractivity contribution in [2.75, 3.05) is 51.2 Å². The highest BCUT2D eigenvalue weighted by molar-refractivity contribution is 7.92. The Morgan fingerprint density at radius 1 is 1.00 bits per heavy atom. The normalized spacial score (nSPS) is 14.7. The molecule has 2 aromatic rings. The average Bonchev–Trinajstić information content (AvgIpc) is 3.14. The third-order valence-electron chi connectivity index (χ3n) is 6.02. The molecule has 0 aromatic heterocycles. The van der Waals surface area contributed by atoms with Gasteiger partial charge in [0, 0.05) is 17.6 Å². The number of hydrogen-bond acceptors (Lipinski definition) is 6. The molecule has 0 saturated carbocycles. The SMILES string of the molecule is COc1ccc(S(=O)(=O)N(CC(=O)NCCCN2CCCCCC2)c2ccc(Cl)cc2)cc1OC. The van der Waals surface area contributed by atoms with Gasteiger partial charge in [-0.25, -0.2) is 8.42 Å². The predicted molar refractivity (Wildman–Crippen MR) is 138 cm³/mol. The van der Waals surface area contributed by atoms with Gasteiger partial charge in [0.15, 0.2) is 11.5 Å². The molecule has 1 N–H and O–H groups in total. The highest BCUT2D eigenvalue weighted by atomic mass is 35.5. The molecule has 3 rings (SSSR count). The van der Waals surface area contributed by atoms with Crippen molar-refractivity contribution in [2.45, 2.75) is 37.0 Å². The molecule has 192 valence electrons. The van der Waals surface area contributed by atoms with Crippen molar-refractivity contribution in [1.82, 2.24) is 10.2 Å². The van der Waals surface area contributed by atoms with E-state index in [9.17, 15) is 13.2 Å². The maximum absolute atomic E-state index is 13.6. The van der Waals surface area contributed by atoms with Crippen molar-refractivity contribution >= 4 is 33.2 Å². The molecule has 2 aromatic carbocycles. The minimum atomic E-state index is -4.09. The second-order valence-corrected chi connectivity index (χ2v) is 10.8. The van der Waals surface area contributed by atoms with Crippen LogP contribution in [0.4, 0.5) is 5.69 Å². The second kappa shape index (κ2) is 13.0. The van der Waals surface area contributed by atoms with E-state index in [1.165, 1.54) is 58.1 Å². The molecule has 1 amide bonds. The van der Waals surface area contributed by atoms with E-state index in [4.69, 9.17) is 21.1 Å². The smallest absolute Gasteiger partial charge is 0.264 e. The lowest BCUT2D eigenvalue weighted by Gasteiger charge is -2.25. The fourth-order valence-electron chi connectivity index (χ4n) is 4.10. The van der Waals surface area contributed by atoms with E-state index in [1.807, 2.05) is 0 Å². The van der Waals surface area contributed by atoms with Gasteiger partial charge in [0.25, 0.3) is 10.0 Å². The Labute approximate surface area is 213 Å². The number of rotatable bonds is 11. The number of likely N-dealkylation sites (tertiary alicyclic amines) is 1. The van der Waals surface area contributed by atoms with Gasteiger partial charge in [0.1, 0.15) is 6.54 Å². The topological polar surface area (TPSA) is 88.2 Å². The van der Waals surface area contributed by atoms with E-state index < -0.39 is 10.0 Å². The van der Waals surface area contributed by atoms with E-state index in [-0.39, 0.29) is 23.1 Å². The van der Waals surface area contributed by atoms with Crippen LogP contribution in [0, 0.1) is 0 Å². The highest BCUT2D eigenvalue weighted by Gasteiger charge is 2.28. The molecule has 1 saturated heterocycles. The summed E-state index contributed by atoms with van der Waals surface area (Å²) in [4.78, 5) is 15.2. The van der Waals surface area contributed by atoms with Gasteiger partial charge in [-0.15, -0.1) is 0 Å². The molecular formula is C25H34ClN3O5S. The van der Waals surface area contributed by atoms with Crippen LogP contribution < -0.4 is 19.1 Å². The number of halogens is 1. The number of methoxy groups -OCH3 is 2. The van der Waals surface area contributed by atoms with Crippen molar-refractivity contribution in [2.24, 2.45) is 0 Å². The number of amides is 1. The van der Waals surface area contributed by atoms with Crippen molar-refractivity contribution < 1.29 is 22.7 Å². The van der Waals surface area contributed by atoms with Gasteiger partial charge >= 0.3 is 0 Å². The summed E-state index contributed by atoms with van der Waals surface area (Å²) in [7, 11) is -1.18. The summed E-state index contributed by atoms with van der Waals surface area (Å²) in [5, 5.41) is 3.34. The first kappa shape index (κ1) is 27.1. The lowest BCUT2D eigenvalue weighted by atomic mass is 10.2. The van der Waals surface area contributed by atoms with Crippen LogP contribution in [0.2, 0.25) is 5.02 Å². The summed E-state index contributed by atoms with van der Waals surface area (Å²) in [5.41, 5.74) is 0.337. The van der Waals surface area contributed by atoms with Crippen molar-refractivity contribution in [3.05, 3.63) is 47.5 Å². The van der Waals surface area contributed by atoms with E-state index in [0.717, 1.165) is 30.4 Å². The first-order valence-electron chi connectivity index (χ1n) is 11.8. The van der Waals surface area contributed by atoms with E-state index in [2.05, 4.69) is 10.2 Å². The Morgan fingerprint density at radius 3 is 2.29 bits per heavy atom. The van der Waals surface area contributed by atoms with Crippen LogP contribution in [0.25, 0.3) is 0 Å². The molecule has 0 radical (unpaired) electrons. The number of nitrogens with zero attached hydrogens (tertiary/aromatic N) is 2. The third kappa shape index (κ3) is 7.49. The molecule has 35 heavy (non-hydrogen) atoms. The monoisotopic (exact) mass is 523 g/mol. The van der Waals surface area contributed by atoms with Crippen LogP contribution in [-0.4, -0.2) is 66.2 Å². The molecule has 1 fully saturated rings. The number of sulfonamides is 1. The van der Waals surface area contributed by atoms with Gasteiger partial charge in [-0.2, -0.15) is 0 Å². The Morgan fingerprint density at radius 2 is 1.66 bits per heavy atom. The summed E-state index contributed by atoms with van der Waals surface area (Å²) in [5.74, 6) is 0.314. The molecule has 8 nitrogen and oxygen atoms in total. The first-order chi connectivity index (χ1) is 16.8. The molecule has 1 heterocycles. The maximum atomic E-state index is 13.6. The molecule has 0 unspecified atom stereocenters. The van der Waals surface area contributed by atoms with Crippen molar-refractivity contribution in [3.8, 4) is 11.5 Å². The number of benzene rings is 2. The van der Waals surface area contributed by atoms with Crippen LogP contribution in [0.3, 0.4) is 0 Å². The van der Waals surface area contributed by atoms with Gasteiger partial charge in [0.2, 0.25) is 5.91 Å². The number of hydrogen-bond donors (Lipinski definition) is 1. The fourth-order valence-corrected chi connectivity index (χ4v) is 5.67. The second-order valence-electron chi connectivity index (χ2n) is 8.46. The zero-order valence-corrected chi connectivity index (χ0v) is 21.9. The summed E-state index contributed by atoms with van der Waals surface area (Å²) >= 11 is 6.00. The average molecular weight is 524 g/mol. The Hall–Kier alpha value is -2.49. The molecule has 0 aliphatic carbocycles. The lowest BCUT2D eigenvalue weighted by molar-refractivity contribution is -0.119. The molecule has 1 aliphatic heterocycles. The minimum Gasteiger partial charge on any atom is -0.493 e. The molecule has 0 atom stereocenters. The number of carbonyl (C=O) groups excluding carboxylic acids is 1. The van der Waals surface area contributed by atoms with Gasteiger partial charge < -0.3 is 19.7 Å². The van der Waals surface area contributed by atoms with Crippen molar-refractivity contribution in [3.63, 3.8) is 0 Å².